The molecule has 0 saturated heterocycles. The van der Waals surface area contributed by atoms with E-state index in [0.29, 0.717) is 5.95 Å². The van der Waals surface area contributed by atoms with Gasteiger partial charge in [-0.3, -0.25) is 4.68 Å². The average molecular weight is 307 g/mol. The van der Waals surface area contributed by atoms with Crippen LogP contribution in [0.1, 0.15) is 29.9 Å². The molecular formula is C18H21N5. The van der Waals surface area contributed by atoms with Gasteiger partial charge >= 0.3 is 0 Å². The number of rotatable bonds is 4. The second kappa shape index (κ2) is 6.20. The van der Waals surface area contributed by atoms with E-state index in [2.05, 4.69) is 46.4 Å². The van der Waals surface area contributed by atoms with Gasteiger partial charge in [-0.2, -0.15) is 5.10 Å². The van der Waals surface area contributed by atoms with E-state index < -0.39 is 0 Å². The topological polar surface area (TPSA) is 55.6 Å². The van der Waals surface area contributed by atoms with Gasteiger partial charge in [0, 0.05) is 24.5 Å². The molecule has 0 radical (unpaired) electrons. The molecule has 1 atom stereocenters. The Labute approximate surface area is 136 Å². The van der Waals surface area contributed by atoms with Crippen molar-refractivity contribution in [3.8, 4) is 11.3 Å². The van der Waals surface area contributed by atoms with Crippen LogP contribution in [0.5, 0.6) is 0 Å². The van der Waals surface area contributed by atoms with E-state index in [1.54, 1.807) is 6.20 Å². The molecule has 0 spiro atoms. The molecule has 0 aliphatic carbocycles. The van der Waals surface area contributed by atoms with Crippen LogP contribution in [0.4, 0.5) is 5.95 Å². The molecule has 0 aliphatic rings. The minimum atomic E-state index is 0.141. The van der Waals surface area contributed by atoms with Crippen LogP contribution in [0.2, 0.25) is 0 Å². The maximum atomic E-state index is 4.67. The Hall–Kier alpha value is -2.69. The first kappa shape index (κ1) is 15.2. The fraction of sp³-hybridized carbons (Fsp3) is 0.278. The summed E-state index contributed by atoms with van der Waals surface area (Å²) in [6.07, 6.45) is 1.79. The second-order valence-electron chi connectivity index (χ2n) is 5.71. The highest BCUT2D eigenvalue weighted by atomic mass is 15.3. The lowest BCUT2D eigenvalue weighted by Gasteiger charge is -2.14. The highest BCUT2D eigenvalue weighted by Gasteiger charge is 2.14. The normalized spacial score (nSPS) is 12.2. The molecule has 23 heavy (non-hydrogen) atoms. The average Bonchev–Trinajstić information content (AvgIpc) is 2.81. The zero-order chi connectivity index (χ0) is 16.4. The smallest absolute Gasteiger partial charge is 0.223 e. The number of benzene rings is 1. The molecule has 2 heterocycles. The molecule has 118 valence electrons. The SMILES string of the molecule is Cc1nn(C)c(C)c1-c1ccnc(N[C@H](C)c2ccccc2)n1. The van der Waals surface area contributed by atoms with Crippen molar-refractivity contribution in [3.05, 3.63) is 59.5 Å². The first-order chi connectivity index (χ1) is 11.1. The minimum absolute atomic E-state index is 0.141. The zero-order valence-electron chi connectivity index (χ0n) is 13.9. The summed E-state index contributed by atoms with van der Waals surface area (Å²) >= 11 is 0. The summed E-state index contributed by atoms with van der Waals surface area (Å²) in [5.41, 5.74) is 5.25. The third-order valence-electron chi connectivity index (χ3n) is 4.07. The predicted octanol–water partition coefficient (Wildman–Crippen LogP) is 3.67. The Morgan fingerprint density at radius 2 is 1.83 bits per heavy atom. The van der Waals surface area contributed by atoms with Gasteiger partial charge in [0.05, 0.1) is 17.4 Å². The van der Waals surface area contributed by atoms with E-state index in [-0.39, 0.29) is 6.04 Å². The molecule has 0 unspecified atom stereocenters. The van der Waals surface area contributed by atoms with Gasteiger partial charge in [0.1, 0.15) is 0 Å². The van der Waals surface area contributed by atoms with Gasteiger partial charge in [0.15, 0.2) is 0 Å². The number of nitrogens with one attached hydrogen (secondary N) is 1. The summed E-state index contributed by atoms with van der Waals surface area (Å²) in [7, 11) is 1.95. The van der Waals surface area contributed by atoms with Crippen molar-refractivity contribution >= 4 is 5.95 Å². The van der Waals surface area contributed by atoms with Crippen molar-refractivity contribution < 1.29 is 0 Å². The van der Waals surface area contributed by atoms with E-state index in [4.69, 9.17) is 0 Å². The molecule has 0 aliphatic heterocycles. The predicted molar refractivity (Wildman–Crippen MR) is 92.2 cm³/mol. The van der Waals surface area contributed by atoms with Crippen LogP contribution in [0.15, 0.2) is 42.6 Å². The van der Waals surface area contributed by atoms with Crippen LogP contribution >= 0.6 is 0 Å². The van der Waals surface area contributed by atoms with Gasteiger partial charge in [-0.25, -0.2) is 9.97 Å². The van der Waals surface area contributed by atoms with Gasteiger partial charge < -0.3 is 5.32 Å². The quantitative estimate of drug-likeness (QED) is 0.799. The number of hydrogen-bond donors (Lipinski definition) is 1. The molecule has 3 rings (SSSR count). The zero-order valence-corrected chi connectivity index (χ0v) is 13.9. The fourth-order valence-electron chi connectivity index (χ4n) is 2.73. The first-order valence-electron chi connectivity index (χ1n) is 7.71. The Bertz CT molecular complexity index is 808. The largest absolute Gasteiger partial charge is 0.348 e. The summed E-state index contributed by atoms with van der Waals surface area (Å²) in [4.78, 5) is 9.02. The lowest BCUT2D eigenvalue weighted by atomic mass is 10.1. The van der Waals surface area contributed by atoms with Crippen LogP contribution in [0.3, 0.4) is 0 Å². The summed E-state index contributed by atoms with van der Waals surface area (Å²) < 4.78 is 1.88. The maximum Gasteiger partial charge on any atom is 0.223 e. The molecule has 1 aromatic carbocycles. The molecule has 5 heteroatoms. The van der Waals surface area contributed by atoms with Crippen LogP contribution in [0.25, 0.3) is 11.3 Å². The van der Waals surface area contributed by atoms with Crippen LogP contribution in [0, 0.1) is 13.8 Å². The first-order valence-corrected chi connectivity index (χ1v) is 7.71. The van der Waals surface area contributed by atoms with Gasteiger partial charge in [-0.15, -0.1) is 0 Å². The van der Waals surface area contributed by atoms with Gasteiger partial charge in [0.2, 0.25) is 5.95 Å². The highest BCUT2D eigenvalue weighted by molar-refractivity contribution is 5.65. The van der Waals surface area contributed by atoms with E-state index in [9.17, 15) is 0 Å². The van der Waals surface area contributed by atoms with Gasteiger partial charge in [-0.05, 0) is 32.4 Å². The highest BCUT2D eigenvalue weighted by Crippen LogP contribution is 2.25. The fourth-order valence-corrected chi connectivity index (χ4v) is 2.73. The molecule has 1 N–H and O–H groups in total. The second-order valence-corrected chi connectivity index (χ2v) is 5.71. The van der Waals surface area contributed by atoms with Crippen molar-refractivity contribution in [3.63, 3.8) is 0 Å². The Balaban J connectivity index is 1.88. The molecule has 3 aromatic rings. The monoisotopic (exact) mass is 307 g/mol. The van der Waals surface area contributed by atoms with Gasteiger partial charge in [-0.1, -0.05) is 30.3 Å². The van der Waals surface area contributed by atoms with E-state index in [1.165, 1.54) is 5.56 Å². The Morgan fingerprint density at radius 1 is 1.09 bits per heavy atom. The lowest BCUT2D eigenvalue weighted by molar-refractivity contribution is 0.731. The Morgan fingerprint density at radius 3 is 2.48 bits per heavy atom. The minimum Gasteiger partial charge on any atom is -0.348 e. The van der Waals surface area contributed by atoms with Crippen LogP contribution in [-0.2, 0) is 7.05 Å². The summed E-state index contributed by atoms with van der Waals surface area (Å²) in [6, 6.07) is 12.3. The van der Waals surface area contributed by atoms with Crippen LogP contribution < -0.4 is 5.32 Å². The lowest BCUT2D eigenvalue weighted by Crippen LogP contribution is -2.09. The van der Waals surface area contributed by atoms with E-state index in [0.717, 1.165) is 22.6 Å². The maximum absolute atomic E-state index is 4.67. The molecule has 0 saturated carbocycles. The van der Waals surface area contributed by atoms with Crippen LogP contribution in [-0.4, -0.2) is 19.7 Å². The van der Waals surface area contributed by atoms with Crippen molar-refractivity contribution in [1.29, 1.82) is 0 Å². The van der Waals surface area contributed by atoms with E-state index >= 15 is 0 Å². The molecular weight excluding hydrogens is 286 g/mol. The number of nitrogens with zero attached hydrogens (tertiary/aromatic N) is 4. The molecule has 0 fully saturated rings. The van der Waals surface area contributed by atoms with Gasteiger partial charge in [0.25, 0.3) is 0 Å². The molecule has 2 aromatic heterocycles. The van der Waals surface area contributed by atoms with Crippen molar-refractivity contribution in [2.45, 2.75) is 26.8 Å². The third kappa shape index (κ3) is 3.08. The third-order valence-corrected chi connectivity index (χ3v) is 4.07. The summed E-state index contributed by atoms with van der Waals surface area (Å²) in [6.45, 7) is 6.16. The molecule has 0 amide bonds. The van der Waals surface area contributed by atoms with Crippen molar-refractivity contribution in [2.75, 3.05) is 5.32 Å². The summed E-state index contributed by atoms with van der Waals surface area (Å²) in [5.74, 6) is 0.626. The molecule has 0 bridgehead atoms. The number of anilines is 1. The van der Waals surface area contributed by atoms with E-state index in [1.807, 2.05) is 42.9 Å². The summed E-state index contributed by atoms with van der Waals surface area (Å²) in [5, 5.41) is 7.83. The number of hydrogen-bond acceptors (Lipinski definition) is 4. The number of aromatic nitrogens is 4. The standard InChI is InChI=1S/C18H21N5/c1-12(15-8-6-5-7-9-15)20-18-19-11-10-16(21-18)17-13(2)22-23(4)14(17)3/h5-12H,1-4H3,(H,19,20,21)/t12-/m1/s1. The molecule has 5 nitrogen and oxygen atoms in total. The van der Waals surface area contributed by atoms with Crippen molar-refractivity contribution in [1.82, 2.24) is 19.7 Å². The Kier molecular flexibility index (Phi) is 4.10. The van der Waals surface area contributed by atoms with Crippen molar-refractivity contribution in [2.24, 2.45) is 7.05 Å². The number of aryl methyl sites for hydroxylation is 2.